The van der Waals surface area contributed by atoms with Crippen LogP contribution in [0, 0.1) is 0 Å². The van der Waals surface area contributed by atoms with Gasteiger partial charge in [0.1, 0.15) is 0 Å². The molecular weight excluding hydrogens is 252 g/mol. The minimum Gasteiger partial charge on any atom is -0.377 e. The first-order valence-electron chi connectivity index (χ1n) is 7.43. The number of hydrogen-bond donors (Lipinski definition) is 2. The zero-order chi connectivity index (χ0) is 14.2. The number of benzene rings is 1. The Kier molecular flexibility index (Phi) is 6.02. The molecule has 2 rings (SSSR count). The van der Waals surface area contributed by atoms with Gasteiger partial charge in [-0.25, -0.2) is 0 Å². The predicted octanol–water partition coefficient (Wildman–Crippen LogP) is 1.98. The molecule has 4 heteroatoms. The van der Waals surface area contributed by atoms with Crippen molar-refractivity contribution in [1.29, 1.82) is 0 Å². The van der Waals surface area contributed by atoms with E-state index in [1.54, 1.807) is 0 Å². The predicted molar refractivity (Wildman–Crippen MR) is 79.3 cm³/mol. The summed E-state index contributed by atoms with van der Waals surface area (Å²) < 4.78 is 5.36. The zero-order valence-corrected chi connectivity index (χ0v) is 12.2. The fourth-order valence-corrected chi connectivity index (χ4v) is 2.40. The standard InChI is InChI=1S/C16H24N2O2/c1-2-20-12-14-7-5-13(6-8-14)11-18-16(19)10-15-4-3-9-17-15/h5-8,15,17H,2-4,9-12H2,1H3,(H,18,19). The van der Waals surface area contributed by atoms with Crippen LogP contribution in [0.4, 0.5) is 0 Å². The van der Waals surface area contributed by atoms with Crippen LogP contribution in [0.2, 0.25) is 0 Å². The van der Waals surface area contributed by atoms with Crippen molar-refractivity contribution in [2.75, 3.05) is 13.2 Å². The van der Waals surface area contributed by atoms with Crippen LogP contribution in [-0.4, -0.2) is 25.1 Å². The Balaban J connectivity index is 1.71. The maximum absolute atomic E-state index is 11.8. The molecule has 0 radical (unpaired) electrons. The molecule has 1 fully saturated rings. The summed E-state index contributed by atoms with van der Waals surface area (Å²) in [4.78, 5) is 11.8. The Labute approximate surface area is 120 Å². The van der Waals surface area contributed by atoms with Crippen molar-refractivity contribution < 1.29 is 9.53 Å². The molecule has 1 aliphatic heterocycles. The molecule has 1 atom stereocenters. The van der Waals surface area contributed by atoms with Crippen LogP contribution in [-0.2, 0) is 22.7 Å². The minimum absolute atomic E-state index is 0.128. The average Bonchev–Trinajstić information content (AvgIpc) is 2.97. The Hall–Kier alpha value is -1.39. The number of amides is 1. The Morgan fingerprint density at radius 3 is 2.75 bits per heavy atom. The van der Waals surface area contributed by atoms with Gasteiger partial charge in [0.2, 0.25) is 5.91 Å². The third-order valence-corrected chi connectivity index (χ3v) is 3.58. The highest BCUT2D eigenvalue weighted by Crippen LogP contribution is 2.09. The maximum Gasteiger partial charge on any atom is 0.221 e. The number of carbonyl (C=O) groups is 1. The van der Waals surface area contributed by atoms with E-state index in [9.17, 15) is 4.79 Å². The normalized spacial score (nSPS) is 18.1. The van der Waals surface area contributed by atoms with Crippen molar-refractivity contribution in [3.8, 4) is 0 Å². The summed E-state index contributed by atoms with van der Waals surface area (Å²) in [5.41, 5.74) is 2.29. The van der Waals surface area contributed by atoms with Crippen molar-refractivity contribution in [2.45, 2.75) is 45.4 Å². The molecule has 4 nitrogen and oxygen atoms in total. The van der Waals surface area contributed by atoms with E-state index in [0.29, 0.717) is 25.6 Å². The van der Waals surface area contributed by atoms with Crippen LogP contribution in [0.5, 0.6) is 0 Å². The van der Waals surface area contributed by atoms with E-state index in [4.69, 9.17) is 4.74 Å². The number of hydrogen-bond acceptors (Lipinski definition) is 3. The summed E-state index contributed by atoms with van der Waals surface area (Å²) in [6, 6.07) is 8.56. The van der Waals surface area contributed by atoms with E-state index in [2.05, 4.69) is 22.8 Å². The molecule has 2 N–H and O–H groups in total. The second-order valence-corrected chi connectivity index (χ2v) is 5.23. The van der Waals surface area contributed by atoms with Gasteiger partial charge >= 0.3 is 0 Å². The lowest BCUT2D eigenvalue weighted by Gasteiger charge is -2.10. The van der Waals surface area contributed by atoms with Gasteiger partial charge in [0.05, 0.1) is 6.61 Å². The zero-order valence-electron chi connectivity index (χ0n) is 12.2. The van der Waals surface area contributed by atoms with Crippen molar-refractivity contribution in [3.63, 3.8) is 0 Å². The molecular formula is C16H24N2O2. The van der Waals surface area contributed by atoms with E-state index in [1.165, 1.54) is 6.42 Å². The SMILES string of the molecule is CCOCc1ccc(CNC(=O)CC2CCCN2)cc1. The minimum atomic E-state index is 0.128. The maximum atomic E-state index is 11.8. The lowest BCUT2D eigenvalue weighted by atomic mass is 10.1. The van der Waals surface area contributed by atoms with Gasteiger partial charge in [-0.15, -0.1) is 0 Å². The van der Waals surface area contributed by atoms with E-state index in [0.717, 1.165) is 30.7 Å². The first-order valence-corrected chi connectivity index (χ1v) is 7.43. The number of rotatable bonds is 7. The molecule has 0 saturated carbocycles. The molecule has 0 bridgehead atoms. The number of carbonyl (C=O) groups excluding carboxylic acids is 1. The fourth-order valence-electron chi connectivity index (χ4n) is 2.40. The van der Waals surface area contributed by atoms with Crippen molar-refractivity contribution in [2.24, 2.45) is 0 Å². The van der Waals surface area contributed by atoms with Crippen molar-refractivity contribution >= 4 is 5.91 Å². The van der Waals surface area contributed by atoms with Gasteiger partial charge in [0, 0.05) is 25.6 Å². The molecule has 1 unspecified atom stereocenters. The van der Waals surface area contributed by atoms with Crippen LogP contribution < -0.4 is 10.6 Å². The highest BCUT2D eigenvalue weighted by molar-refractivity contribution is 5.76. The van der Waals surface area contributed by atoms with Crippen LogP contribution in [0.1, 0.15) is 37.3 Å². The fraction of sp³-hybridized carbons (Fsp3) is 0.562. The van der Waals surface area contributed by atoms with Gasteiger partial charge < -0.3 is 15.4 Å². The molecule has 1 saturated heterocycles. The highest BCUT2D eigenvalue weighted by atomic mass is 16.5. The number of ether oxygens (including phenoxy) is 1. The lowest BCUT2D eigenvalue weighted by Crippen LogP contribution is -2.31. The summed E-state index contributed by atoms with van der Waals surface area (Å²) in [5.74, 6) is 0.128. The third kappa shape index (κ3) is 4.94. The first kappa shape index (κ1) is 15.0. The molecule has 1 amide bonds. The van der Waals surface area contributed by atoms with Crippen LogP contribution >= 0.6 is 0 Å². The van der Waals surface area contributed by atoms with Gasteiger partial charge in [-0.1, -0.05) is 24.3 Å². The van der Waals surface area contributed by atoms with Gasteiger partial charge in [-0.3, -0.25) is 4.79 Å². The monoisotopic (exact) mass is 276 g/mol. The Morgan fingerprint density at radius 2 is 2.10 bits per heavy atom. The molecule has 20 heavy (non-hydrogen) atoms. The molecule has 1 aromatic carbocycles. The van der Waals surface area contributed by atoms with Gasteiger partial charge in [0.15, 0.2) is 0 Å². The largest absolute Gasteiger partial charge is 0.377 e. The Morgan fingerprint density at radius 1 is 1.35 bits per heavy atom. The quantitative estimate of drug-likeness (QED) is 0.800. The van der Waals surface area contributed by atoms with Crippen molar-refractivity contribution in [3.05, 3.63) is 35.4 Å². The average molecular weight is 276 g/mol. The molecule has 1 aliphatic rings. The molecule has 110 valence electrons. The molecule has 1 heterocycles. The number of nitrogens with one attached hydrogen (secondary N) is 2. The third-order valence-electron chi connectivity index (χ3n) is 3.58. The van der Waals surface area contributed by atoms with Gasteiger partial charge in [0.25, 0.3) is 0 Å². The topological polar surface area (TPSA) is 50.4 Å². The summed E-state index contributed by atoms with van der Waals surface area (Å²) in [6.45, 7) is 5.01. The van der Waals surface area contributed by atoms with Crippen molar-refractivity contribution in [1.82, 2.24) is 10.6 Å². The summed E-state index contributed by atoms with van der Waals surface area (Å²) >= 11 is 0. The van der Waals surface area contributed by atoms with E-state index in [-0.39, 0.29) is 5.91 Å². The smallest absolute Gasteiger partial charge is 0.221 e. The summed E-state index contributed by atoms with van der Waals surface area (Å²) in [5, 5.41) is 6.32. The second kappa shape index (κ2) is 8.02. The van der Waals surface area contributed by atoms with Gasteiger partial charge in [-0.2, -0.15) is 0 Å². The Bertz CT molecular complexity index is 411. The van der Waals surface area contributed by atoms with Crippen LogP contribution in [0.3, 0.4) is 0 Å². The molecule has 0 aromatic heterocycles. The van der Waals surface area contributed by atoms with Crippen LogP contribution in [0.25, 0.3) is 0 Å². The molecule has 0 spiro atoms. The summed E-state index contributed by atoms with van der Waals surface area (Å²) in [7, 11) is 0. The molecule has 1 aromatic rings. The van der Waals surface area contributed by atoms with E-state index in [1.807, 2.05) is 19.1 Å². The van der Waals surface area contributed by atoms with E-state index < -0.39 is 0 Å². The highest BCUT2D eigenvalue weighted by Gasteiger charge is 2.17. The summed E-state index contributed by atoms with van der Waals surface area (Å²) in [6.07, 6.45) is 2.88. The van der Waals surface area contributed by atoms with Gasteiger partial charge in [-0.05, 0) is 37.4 Å². The first-order chi connectivity index (χ1) is 9.78. The second-order valence-electron chi connectivity index (χ2n) is 5.23. The van der Waals surface area contributed by atoms with E-state index >= 15 is 0 Å². The molecule has 0 aliphatic carbocycles. The lowest BCUT2D eigenvalue weighted by molar-refractivity contribution is -0.121. The van der Waals surface area contributed by atoms with Crippen LogP contribution in [0.15, 0.2) is 24.3 Å².